The van der Waals surface area contributed by atoms with E-state index in [0.29, 0.717) is 31.6 Å². The van der Waals surface area contributed by atoms with E-state index in [0.717, 1.165) is 48.7 Å². The Kier molecular flexibility index (Phi) is 5.11. The number of nitrogens with one attached hydrogen (secondary N) is 1. The highest BCUT2D eigenvalue weighted by Crippen LogP contribution is 2.33. The fourth-order valence-corrected chi connectivity index (χ4v) is 3.96. The molecule has 3 heterocycles. The number of aromatic nitrogens is 2. The Morgan fingerprint density at radius 3 is 2.74 bits per heavy atom. The molecule has 0 saturated carbocycles. The molecular weight excluding hydrogens is 345 g/mol. The molecule has 7 heteroatoms. The maximum Gasteiger partial charge on any atom is 0.316 e. The van der Waals surface area contributed by atoms with Crippen LogP contribution in [0.2, 0.25) is 0 Å². The fraction of sp³-hybridized carbons (Fsp3) is 0.500. The maximum absolute atomic E-state index is 14.5. The molecule has 1 aromatic heterocycles. The summed E-state index contributed by atoms with van der Waals surface area (Å²) in [6.45, 7) is 8.88. The third kappa shape index (κ3) is 3.69. The van der Waals surface area contributed by atoms with Gasteiger partial charge in [-0.05, 0) is 38.0 Å². The van der Waals surface area contributed by atoms with Gasteiger partial charge in [0.15, 0.2) is 0 Å². The standard InChI is InChI=1S/C20H26FN5O/c1-3-27-20-23-10-15(11-24-20)25-8-6-16-17(13-25)19(5-4-18(16)21)26-9-7-22-14(2)12-26/h4-5,10-11,14,22H,3,6-9,12-13H2,1-2H3/t14-/m1/s1. The molecule has 0 radical (unpaired) electrons. The van der Waals surface area contributed by atoms with Crippen LogP contribution in [0, 0.1) is 5.82 Å². The zero-order chi connectivity index (χ0) is 18.8. The van der Waals surface area contributed by atoms with Gasteiger partial charge in [-0.3, -0.25) is 0 Å². The molecule has 2 aromatic rings. The van der Waals surface area contributed by atoms with Gasteiger partial charge in [0.25, 0.3) is 0 Å². The molecule has 6 nitrogen and oxygen atoms in total. The van der Waals surface area contributed by atoms with E-state index in [2.05, 4.69) is 32.0 Å². The highest BCUT2D eigenvalue weighted by atomic mass is 19.1. The van der Waals surface area contributed by atoms with E-state index in [1.54, 1.807) is 18.5 Å². The molecule has 0 spiro atoms. The van der Waals surface area contributed by atoms with Crippen molar-refractivity contribution in [3.05, 3.63) is 41.5 Å². The molecule has 27 heavy (non-hydrogen) atoms. The van der Waals surface area contributed by atoms with Crippen LogP contribution in [-0.4, -0.2) is 48.8 Å². The molecule has 1 N–H and O–H groups in total. The average Bonchev–Trinajstić information content (AvgIpc) is 2.69. The highest BCUT2D eigenvalue weighted by molar-refractivity contribution is 5.61. The van der Waals surface area contributed by atoms with Crippen LogP contribution in [0.15, 0.2) is 24.5 Å². The van der Waals surface area contributed by atoms with Crippen molar-refractivity contribution in [3.8, 4) is 6.01 Å². The predicted octanol–water partition coefficient (Wildman–Crippen LogP) is 2.38. The van der Waals surface area contributed by atoms with Crippen molar-refractivity contribution in [1.29, 1.82) is 0 Å². The number of anilines is 2. The predicted molar refractivity (Wildman–Crippen MR) is 104 cm³/mol. The van der Waals surface area contributed by atoms with E-state index < -0.39 is 0 Å². The van der Waals surface area contributed by atoms with Gasteiger partial charge in [-0.1, -0.05) is 0 Å². The molecule has 2 aliphatic heterocycles. The minimum Gasteiger partial charge on any atom is -0.464 e. The minimum atomic E-state index is -0.0977. The number of hydrogen-bond donors (Lipinski definition) is 1. The third-order valence-corrected chi connectivity index (χ3v) is 5.29. The van der Waals surface area contributed by atoms with Gasteiger partial charge >= 0.3 is 6.01 Å². The van der Waals surface area contributed by atoms with Crippen LogP contribution in [0.3, 0.4) is 0 Å². The molecule has 0 amide bonds. The van der Waals surface area contributed by atoms with Crippen molar-refractivity contribution in [2.75, 3.05) is 42.6 Å². The Balaban J connectivity index is 1.61. The molecule has 0 unspecified atom stereocenters. The summed E-state index contributed by atoms with van der Waals surface area (Å²) in [5, 5.41) is 3.47. The van der Waals surface area contributed by atoms with Crippen LogP contribution in [0.25, 0.3) is 0 Å². The molecule has 4 rings (SSSR count). The summed E-state index contributed by atoms with van der Waals surface area (Å²) in [7, 11) is 0. The third-order valence-electron chi connectivity index (χ3n) is 5.29. The van der Waals surface area contributed by atoms with Gasteiger partial charge in [-0.25, -0.2) is 14.4 Å². The van der Waals surface area contributed by atoms with E-state index in [9.17, 15) is 4.39 Å². The molecule has 0 bridgehead atoms. The molecule has 144 valence electrons. The molecule has 1 atom stereocenters. The van der Waals surface area contributed by atoms with Crippen molar-refractivity contribution in [3.63, 3.8) is 0 Å². The fourth-order valence-electron chi connectivity index (χ4n) is 3.96. The van der Waals surface area contributed by atoms with Gasteiger partial charge in [0.2, 0.25) is 0 Å². The van der Waals surface area contributed by atoms with Gasteiger partial charge in [0.1, 0.15) is 5.82 Å². The van der Waals surface area contributed by atoms with E-state index in [4.69, 9.17) is 4.74 Å². The molecule has 1 fully saturated rings. The quantitative estimate of drug-likeness (QED) is 0.891. The van der Waals surface area contributed by atoms with Gasteiger partial charge in [-0.2, -0.15) is 0 Å². The summed E-state index contributed by atoms with van der Waals surface area (Å²) in [5.41, 5.74) is 4.02. The first-order chi connectivity index (χ1) is 13.2. The summed E-state index contributed by atoms with van der Waals surface area (Å²) >= 11 is 0. The minimum absolute atomic E-state index is 0.0977. The lowest BCUT2D eigenvalue weighted by Crippen LogP contribution is -2.50. The van der Waals surface area contributed by atoms with Crippen molar-refractivity contribution < 1.29 is 9.13 Å². The normalized spacial score (nSPS) is 19.7. The summed E-state index contributed by atoms with van der Waals surface area (Å²) in [6, 6.07) is 4.37. The van der Waals surface area contributed by atoms with Gasteiger partial charge in [-0.15, -0.1) is 0 Å². The number of piperazine rings is 1. The van der Waals surface area contributed by atoms with Crippen molar-refractivity contribution >= 4 is 11.4 Å². The molecule has 1 aromatic carbocycles. The van der Waals surface area contributed by atoms with Gasteiger partial charge < -0.3 is 19.9 Å². The number of hydrogen-bond acceptors (Lipinski definition) is 6. The number of nitrogens with zero attached hydrogens (tertiary/aromatic N) is 4. The van der Waals surface area contributed by atoms with Crippen LogP contribution in [0.4, 0.5) is 15.8 Å². The topological polar surface area (TPSA) is 53.5 Å². The van der Waals surface area contributed by atoms with Crippen LogP contribution >= 0.6 is 0 Å². The smallest absolute Gasteiger partial charge is 0.316 e. The molecule has 2 aliphatic rings. The second kappa shape index (κ2) is 7.68. The van der Waals surface area contributed by atoms with Crippen molar-refractivity contribution in [1.82, 2.24) is 15.3 Å². The lowest BCUT2D eigenvalue weighted by molar-refractivity contribution is 0.312. The number of fused-ring (bicyclic) bond motifs is 1. The van der Waals surface area contributed by atoms with E-state index in [-0.39, 0.29) is 5.82 Å². The van der Waals surface area contributed by atoms with Crippen LogP contribution in [0.1, 0.15) is 25.0 Å². The second-order valence-electron chi connectivity index (χ2n) is 7.15. The molecular formula is C20H26FN5O. The zero-order valence-electron chi connectivity index (χ0n) is 15.9. The second-order valence-corrected chi connectivity index (χ2v) is 7.15. The largest absolute Gasteiger partial charge is 0.464 e. The first-order valence-electron chi connectivity index (χ1n) is 9.64. The average molecular weight is 371 g/mol. The lowest BCUT2D eigenvalue weighted by Gasteiger charge is -2.38. The van der Waals surface area contributed by atoms with Crippen molar-refractivity contribution in [2.45, 2.75) is 32.9 Å². The Labute approximate surface area is 159 Å². The Hall–Kier alpha value is -2.41. The van der Waals surface area contributed by atoms with Crippen LogP contribution in [0.5, 0.6) is 6.01 Å². The molecule has 0 aliphatic carbocycles. The van der Waals surface area contributed by atoms with Crippen LogP contribution in [-0.2, 0) is 13.0 Å². The Bertz CT molecular complexity index is 798. The summed E-state index contributed by atoms with van der Waals surface area (Å²) in [6.07, 6.45) is 4.26. The van der Waals surface area contributed by atoms with E-state index >= 15 is 0 Å². The van der Waals surface area contributed by atoms with Gasteiger partial charge in [0.05, 0.1) is 24.7 Å². The first kappa shape index (κ1) is 18.0. The number of benzene rings is 1. The maximum atomic E-state index is 14.5. The summed E-state index contributed by atoms with van der Waals surface area (Å²) < 4.78 is 19.8. The molecule has 1 saturated heterocycles. The lowest BCUT2D eigenvalue weighted by atomic mass is 9.96. The summed E-state index contributed by atoms with van der Waals surface area (Å²) in [4.78, 5) is 13.1. The number of rotatable bonds is 4. The van der Waals surface area contributed by atoms with Crippen LogP contribution < -0.4 is 19.9 Å². The van der Waals surface area contributed by atoms with Gasteiger partial charge in [0, 0.05) is 50.0 Å². The van der Waals surface area contributed by atoms with E-state index in [1.807, 2.05) is 13.0 Å². The van der Waals surface area contributed by atoms with Crippen molar-refractivity contribution in [2.24, 2.45) is 0 Å². The zero-order valence-corrected chi connectivity index (χ0v) is 15.9. The number of halogens is 1. The first-order valence-corrected chi connectivity index (χ1v) is 9.64. The number of ether oxygens (including phenoxy) is 1. The highest BCUT2D eigenvalue weighted by Gasteiger charge is 2.26. The summed E-state index contributed by atoms with van der Waals surface area (Å²) in [5.74, 6) is -0.0977. The Morgan fingerprint density at radius 1 is 1.19 bits per heavy atom. The SMILES string of the molecule is CCOc1ncc(N2CCc3c(F)ccc(N4CCN[C@H](C)C4)c3C2)cn1. The Morgan fingerprint density at radius 2 is 2.00 bits per heavy atom. The van der Waals surface area contributed by atoms with E-state index in [1.165, 1.54) is 0 Å². The monoisotopic (exact) mass is 371 g/mol.